The van der Waals surface area contributed by atoms with Crippen LogP contribution in [0, 0.1) is 10.1 Å². The molecule has 0 aliphatic rings. The summed E-state index contributed by atoms with van der Waals surface area (Å²) in [5.74, 6) is -0.322. The smallest absolute Gasteiger partial charge is 0.282 e. The molecule has 0 heterocycles. The van der Waals surface area contributed by atoms with Crippen LogP contribution < -0.4 is 4.90 Å². The molecule has 1 aromatic carbocycles. The summed E-state index contributed by atoms with van der Waals surface area (Å²) in [6.45, 7) is 9.70. The van der Waals surface area contributed by atoms with E-state index in [0.29, 0.717) is 18.8 Å². The van der Waals surface area contributed by atoms with E-state index >= 15 is 0 Å². The van der Waals surface area contributed by atoms with Crippen LogP contribution in [0.25, 0.3) is 0 Å². The fraction of sp³-hybridized carbons (Fsp3) is 0.214. The van der Waals surface area contributed by atoms with Gasteiger partial charge in [0, 0.05) is 24.8 Å². The monoisotopic (exact) mass is 260 g/mol. The summed E-state index contributed by atoms with van der Waals surface area (Å²) in [5, 5.41) is 11.0. The van der Waals surface area contributed by atoms with Gasteiger partial charge in [-0.3, -0.25) is 14.9 Å². The topological polar surface area (TPSA) is 63.5 Å². The molecule has 0 aliphatic heterocycles. The molecule has 0 fully saturated rings. The van der Waals surface area contributed by atoms with Crippen LogP contribution in [0.2, 0.25) is 0 Å². The number of benzene rings is 1. The molecular formula is C14H16N2O3. The summed E-state index contributed by atoms with van der Waals surface area (Å²) >= 11 is 0. The Morgan fingerprint density at radius 3 is 2.37 bits per heavy atom. The Bertz CT molecular complexity index is 513. The van der Waals surface area contributed by atoms with E-state index in [-0.39, 0.29) is 17.0 Å². The molecule has 0 aromatic heterocycles. The molecule has 0 saturated heterocycles. The first-order valence-electron chi connectivity index (χ1n) is 5.77. The number of nitro benzene ring substituents is 1. The number of Topliss-reactive ketones (excluding diaryl/α,β-unsaturated/α-hetero) is 1. The van der Waals surface area contributed by atoms with E-state index in [2.05, 4.69) is 13.2 Å². The maximum Gasteiger partial charge on any atom is 0.282 e. The third-order valence-electron chi connectivity index (χ3n) is 2.62. The Kier molecular flexibility index (Phi) is 5.00. The highest BCUT2D eigenvalue weighted by Gasteiger charge is 2.19. The van der Waals surface area contributed by atoms with Crippen LogP contribution in [-0.4, -0.2) is 23.8 Å². The molecular weight excluding hydrogens is 244 g/mol. The zero-order valence-electron chi connectivity index (χ0n) is 10.8. The molecule has 0 atom stereocenters. The number of carbonyl (C=O) groups is 1. The first kappa shape index (κ1) is 14.6. The summed E-state index contributed by atoms with van der Waals surface area (Å²) in [6.07, 6.45) is 3.41. The molecule has 5 heteroatoms. The van der Waals surface area contributed by atoms with E-state index < -0.39 is 4.92 Å². The second-order valence-corrected chi connectivity index (χ2v) is 4.00. The maximum absolute atomic E-state index is 11.4. The van der Waals surface area contributed by atoms with Gasteiger partial charge in [0.15, 0.2) is 5.78 Å². The average Bonchev–Trinajstić information content (AvgIpc) is 2.37. The molecule has 0 radical (unpaired) electrons. The van der Waals surface area contributed by atoms with Gasteiger partial charge in [0.1, 0.15) is 0 Å². The lowest BCUT2D eigenvalue weighted by Crippen LogP contribution is -2.23. The molecule has 1 aromatic rings. The molecule has 0 spiro atoms. The molecule has 19 heavy (non-hydrogen) atoms. The largest absolute Gasteiger partial charge is 0.364 e. The van der Waals surface area contributed by atoms with Gasteiger partial charge >= 0.3 is 0 Å². The average molecular weight is 260 g/mol. The van der Waals surface area contributed by atoms with Crippen LogP contribution in [0.1, 0.15) is 17.3 Å². The highest BCUT2D eigenvalue weighted by atomic mass is 16.6. The normalized spacial score (nSPS) is 9.74. The van der Waals surface area contributed by atoms with Gasteiger partial charge in [0.2, 0.25) is 0 Å². The van der Waals surface area contributed by atoms with E-state index in [9.17, 15) is 14.9 Å². The van der Waals surface area contributed by atoms with E-state index in [1.165, 1.54) is 19.1 Å². The number of rotatable bonds is 7. The zero-order chi connectivity index (χ0) is 14.4. The van der Waals surface area contributed by atoms with Crippen LogP contribution in [0.4, 0.5) is 11.4 Å². The predicted octanol–water partition coefficient (Wildman–Crippen LogP) is 2.98. The second-order valence-electron chi connectivity index (χ2n) is 4.00. The Morgan fingerprint density at radius 2 is 1.95 bits per heavy atom. The van der Waals surface area contributed by atoms with Crippen molar-refractivity contribution in [2.45, 2.75) is 6.92 Å². The van der Waals surface area contributed by atoms with Crippen LogP contribution in [0.15, 0.2) is 43.5 Å². The van der Waals surface area contributed by atoms with Gasteiger partial charge < -0.3 is 4.90 Å². The highest BCUT2D eigenvalue weighted by molar-refractivity contribution is 5.98. The van der Waals surface area contributed by atoms with E-state index in [0.717, 1.165) is 0 Å². The molecule has 0 bridgehead atoms. The van der Waals surface area contributed by atoms with Crippen LogP contribution in [0.5, 0.6) is 0 Å². The van der Waals surface area contributed by atoms with E-state index in [4.69, 9.17) is 0 Å². The van der Waals surface area contributed by atoms with Crippen LogP contribution >= 0.6 is 0 Å². The first-order chi connectivity index (χ1) is 9.01. The van der Waals surface area contributed by atoms with Gasteiger partial charge in [-0.2, -0.15) is 0 Å². The summed E-state index contributed by atoms with van der Waals surface area (Å²) in [7, 11) is 0. The Morgan fingerprint density at radius 1 is 1.37 bits per heavy atom. The minimum absolute atomic E-state index is 0.117. The molecule has 0 amide bonds. The van der Waals surface area contributed by atoms with E-state index in [1.54, 1.807) is 18.2 Å². The molecule has 0 N–H and O–H groups in total. The van der Waals surface area contributed by atoms with Crippen LogP contribution in [0.3, 0.4) is 0 Å². The van der Waals surface area contributed by atoms with Crippen molar-refractivity contribution in [3.63, 3.8) is 0 Å². The molecule has 5 nitrogen and oxygen atoms in total. The third kappa shape index (κ3) is 3.51. The zero-order valence-corrected chi connectivity index (χ0v) is 10.8. The first-order valence-corrected chi connectivity index (χ1v) is 5.77. The summed E-state index contributed by atoms with van der Waals surface area (Å²) < 4.78 is 0. The van der Waals surface area contributed by atoms with Crippen molar-refractivity contribution < 1.29 is 9.72 Å². The third-order valence-corrected chi connectivity index (χ3v) is 2.62. The number of carbonyl (C=O) groups excluding carboxylic acids is 1. The standard InChI is InChI=1S/C14H16N2O3/c1-4-8-15(9-5-2)12-6-7-13(11(3)17)14(10-12)16(18)19/h4-7,10H,1-2,8-9H2,3H3. The van der Waals surface area contributed by atoms with Gasteiger partial charge in [0.05, 0.1) is 10.5 Å². The predicted molar refractivity (Wildman–Crippen MR) is 75.7 cm³/mol. The van der Waals surface area contributed by atoms with E-state index in [1.807, 2.05) is 4.90 Å². The molecule has 0 aliphatic carbocycles. The molecule has 1 rings (SSSR count). The van der Waals surface area contributed by atoms with Gasteiger partial charge in [-0.25, -0.2) is 0 Å². The van der Waals surface area contributed by atoms with Crippen molar-refractivity contribution in [2.24, 2.45) is 0 Å². The maximum atomic E-state index is 11.4. The quantitative estimate of drug-likeness (QED) is 0.327. The van der Waals surface area contributed by atoms with Crippen molar-refractivity contribution in [3.05, 3.63) is 59.2 Å². The Balaban J connectivity index is 3.26. The number of hydrogen-bond donors (Lipinski definition) is 0. The van der Waals surface area contributed by atoms with Crippen LogP contribution in [-0.2, 0) is 0 Å². The molecule has 100 valence electrons. The second kappa shape index (κ2) is 6.49. The van der Waals surface area contributed by atoms with Gasteiger partial charge in [-0.05, 0) is 19.1 Å². The number of anilines is 1. The Labute approximate surface area is 112 Å². The lowest BCUT2D eigenvalue weighted by atomic mass is 10.1. The van der Waals surface area contributed by atoms with Gasteiger partial charge in [0.25, 0.3) is 5.69 Å². The summed E-state index contributed by atoms with van der Waals surface area (Å²) in [4.78, 5) is 23.7. The van der Waals surface area contributed by atoms with Crippen molar-refractivity contribution in [3.8, 4) is 0 Å². The van der Waals surface area contributed by atoms with Crippen molar-refractivity contribution in [2.75, 3.05) is 18.0 Å². The van der Waals surface area contributed by atoms with Gasteiger partial charge in [-0.1, -0.05) is 12.2 Å². The lowest BCUT2D eigenvalue weighted by Gasteiger charge is -2.21. The molecule has 0 saturated carbocycles. The summed E-state index contributed by atoms with van der Waals surface area (Å²) in [5.41, 5.74) is 0.602. The van der Waals surface area contributed by atoms with Crippen molar-refractivity contribution >= 4 is 17.2 Å². The molecule has 0 unspecified atom stereocenters. The Hall–Kier alpha value is -2.43. The minimum atomic E-state index is -0.541. The number of hydrogen-bond acceptors (Lipinski definition) is 4. The fourth-order valence-corrected chi connectivity index (χ4v) is 1.76. The number of nitrogens with zero attached hydrogens (tertiary/aromatic N) is 2. The number of ketones is 1. The summed E-state index contributed by atoms with van der Waals surface area (Å²) in [6, 6.07) is 4.58. The minimum Gasteiger partial charge on any atom is -0.364 e. The van der Waals surface area contributed by atoms with Crippen molar-refractivity contribution in [1.29, 1.82) is 0 Å². The fourth-order valence-electron chi connectivity index (χ4n) is 1.76. The SMILES string of the molecule is C=CCN(CC=C)c1ccc(C(C)=O)c([N+](=O)[O-])c1. The lowest BCUT2D eigenvalue weighted by molar-refractivity contribution is -0.385. The number of nitro groups is 1. The van der Waals surface area contributed by atoms with Gasteiger partial charge in [-0.15, -0.1) is 13.2 Å². The highest BCUT2D eigenvalue weighted by Crippen LogP contribution is 2.26. The van der Waals surface area contributed by atoms with Crippen molar-refractivity contribution in [1.82, 2.24) is 0 Å².